The van der Waals surface area contributed by atoms with Gasteiger partial charge in [0.15, 0.2) is 15.3 Å². The molecule has 0 radical (unpaired) electrons. The minimum Gasteiger partial charge on any atom is -0.370 e. The van der Waals surface area contributed by atoms with Gasteiger partial charge in [-0.15, -0.1) is 11.3 Å². The average molecular weight is 361 g/mol. The SMILES string of the molecule is N=C(N)NCC(=O)Nc1ncc(S(=O)(=O)Nc2cncs2)s1. The number of sulfonamides is 1. The van der Waals surface area contributed by atoms with Gasteiger partial charge < -0.3 is 16.4 Å². The van der Waals surface area contributed by atoms with Crippen LogP contribution >= 0.6 is 22.7 Å². The molecular formula is C9H11N7O3S3. The fourth-order valence-electron chi connectivity index (χ4n) is 1.23. The van der Waals surface area contributed by atoms with Crippen LogP contribution in [0.15, 0.2) is 22.1 Å². The standard InChI is InChI=1S/C9H11N7O3S3/c10-8(11)13-1-5(17)15-9-14-3-7(21-9)22(18,19)16-6-2-12-4-20-6/h2-4,16H,1H2,(H4,10,11,13)(H,14,15,17). The number of amides is 1. The molecule has 118 valence electrons. The molecule has 0 aromatic carbocycles. The van der Waals surface area contributed by atoms with Crippen molar-refractivity contribution >= 4 is 54.7 Å². The van der Waals surface area contributed by atoms with E-state index in [2.05, 4.69) is 25.3 Å². The van der Waals surface area contributed by atoms with Crippen molar-refractivity contribution < 1.29 is 13.2 Å². The summed E-state index contributed by atoms with van der Waals surface area (Å²) in [6.45, 7) is -0.212. The molecule has 0 saturated heterocycles. The lowest BCUT2D eigenvalue weighted by atomic mass is 10.6. The van der Waals surface area contributed by atoms with Gasteiger partial charge in [0.25, 0.3) is 10.0 Å². The molecular weight excluding hydrogens is 350 g/mol. The number of guanidine groups is 1. The number of anilines is 2. The number of nitrogens with two attached hydrogens (primary N) is 1. The predicted molar refractivity (Wildman–Crippen MR) is 83.6 cm³/mol. The van der Waals surface area contributed by atoms with E-state index < -0.39 is 15.9 Å². The normalized spacial score (nSPS) is 10.9. The van der Waals surface area contributed by atoms with Crippen molar-refractivity contribution in [3.8, 4) is 0 Å². The summed E-state index contributed by atoms with van der Waals surface area (Å²) in [6, 6.07) is 0. The number of aromatic nitrogens is 2. The van der Waals surface area contributed by atoms with Crippen LogP contribution in [0.2, 0.25) is 0 Å². The lowest BCUT2D eigenvalue weighted by Crippen LogP contribution is -2.36. The summed E-state index contributed by atoms with van der Waals surface area (Å²) in [5.41, 5.74) is 6.55. The number of carbonyl (C=O) groups excluding carboxylic acids is 1. The van der Waals surface area contributed by atoms with Gasteiger partial charge in [0, 0.05) is 0 Å². The molecule has 1 amide bonds. The summed E-state index contributed by atoms with van der Waals surface area (Å²) in [4.78, 5) is 19.1. The first-order chi connectivity index (χ1) is 10.4. The van der Waals surface area contributed by atoms with Crippen LogP contribution in [0.25, 0.3) is 0 Å². The van der Waals surface area contributed by atoms with E-state index in [1.165, 1.54) is 11.7 Å². The van der Waals surface area contributed by atoms with E-state index >= 15 is 0 Å². The molecule has 2 rings (SSSR count). The zero-order valence-corrected chi connectivity index (χ0v) is 13.3. The Labute approximate surface area is 133 Å². The molecule has 0 aliphatic carbocycles. The van der Waals surface area contributed by atoms with E-state index in [0.717, 1.165) is 28.9 Å². The highest BCUT2D eigenvalue weighted by Crippen LogP contribution is 2.25. The van der Waals surface area contributed by atoms with Gasteiger partial charge in [0.2, 0.25) is 5.91 Å². The molecule has 0 aliphatic rings. The van der Waals surface area contributed by atoms with Crippen molar-refractivity contribution in [2.24, 2.45) is 5.73 Å². The van der Waals surface area contributed by atoms with Gasteiger partial charge in [-0.1, -0.05) is 11.3 Å². The summed E-state index contributed by atoms with van der Waals surface area (Å²) in [5.74, 6) is -0.838. The fourth-order valence-corrected chi connectivity index (χ4v) is 4.08. The van der Waals surface area contributed by atoms with E-state index in [4.69, 9.17) is 11.1 Å². The molecule has 0 atom stereocenters. The topological polar surface area (TPSA) is 163 Å². The van der Waals surface area contributed by atoms with Crippen molar-refractivity contribution in [3.63, 3.8) is 0 Å². The third-order valence-electron chi connectivity index (χ3n) is 2.10. The van der Waals surface area contributed by atoms with Gasteiger partial charge in [0.05, 0.1) is 24.4 Å². The lowest BCUT2D eigenvalue weighted by molar-refractivity contribution is -0.115. The number of hydrogen-bond acceptors (Lipinski definition) is 8. The number of carbonyl (C=O) groups is 1. The van der Waals surface area contributed by atoms with E-state index in [0.29, 0.717) is 5.00 Å². The van der Waals surface area contributed by atoms with Gasteiger partial charge in [-0.05, 0) is 0 Å². The van der Waals surface area contributed by atoms with Crippen LogP contribution in [0.5, 0.6) is 0 Å². The van der Waals surface area contributed by atoms with E-state index in [1.807, 2.05) is 0 Å². The van der Waals surface area contributed by atoms with Crippen LogP contribution < -0.4 is 21.1 Å². The van der Waals surface area contributed by atoms with E-state index in [1.54, 1.807) is 0 Å². The van der Waals surface area contributed by atoms with Crippen LogP contribution in [0.3, 0.4) is 0 Å². The molecule has 0 unspecified atom stereocenters. The molecule has 13 heteroatoms. The maximum Gasteiger partial charge on any atom is 0.273 e. The number of hydrogen-bond donors (Lipinski definition) is 5. The molecule has 0 spiro atoms. The minimum absolute atomic E-state index is 0.0456. The third-order valence-corrected chi connectivity index (χ3v) is 5.66. The zero-order chi connectivity index (χ0) is 16.2. The van der Waals surface area contributed by atoms with Crippen molar-refractivity contribution in [1.29, 1.82) is 5.41 Å². The van der Waals surface area contributed by atoms with Crippen molar-refractivity contribution in [3.05, 3.63) is 17.9 Å². The number of nitrogens with one attached hydrogen (secondary N) is 4. The van der Waals surface area contributed by atoms with Gasteiger partial charge in [-0.25, -0.2) is 13.4 Å². The lowest BCUT2D eigenvalue weighted by Gasteiger charge is -2.03. The van der Waals surface area contributed by atoms with E-state index in [-0.39, 0.29) is 21.8 Å². The second kappa shape index (κ2) is 6.67. The summed E-state index contributed by atoms with van der Waals surface area (Å²) in [7, 11) is -3.77. The number of nitrogens with zero attached hydrogens (tertiary/aromatic N) is 2. The Balaban J connectivity index is 2.01. The van der Waals surface area contributed by atoms with Crippen LogP contribution in [0.4, 0.5) is 10.1 Å². The molecule has 6 N–H and O–H groups in total. The van der Waals surface area contributed by atoms with Crippen LogP contribution in [-0.2, 0) is 14.8 Å². The fraction of sp³-hybridized carbons (Fsp3) is 0.111. The van der Waals surface area contributed by atoms with Gasteiger partial charge in [0.1, 0.15) is 5.00 Å². The van der Waals surface area contributed by atoms with Crippen LogP contribution in [0.1, 0.15) is 0 Å². The Bertz CT molecular complexity index is 768. The zero-order valence-electron chi connectivity index (χ0n) is 10.9. The molecule has 10 nitrogen and oxygen atoms in total. The minimum atomic E-state index is -3.77. The van der Waals surface area contributed by atoms with Gasteiger partial charge in [-0.3, -0.25) is 19.9 Å². The Hall–Kier alpha value is -2.25. The maximum atomic E-state index is 12.1. The first-order valence-electron chi connectivity index (χ1n) is 5.62. The smallest absolute Gasteiger partial charge is 0.273 e. The molecule has 2 aromatic rings. The monoisotopic (exact) mass is 361 g/mol. The van der Waals surface area contributed by atoms with Gasteiger partial charge in [-0.2, -0.15) is 0 Å². The van der Waals surface area contributed by atoms with Crippen LogP contribution in [-0.4, -0.2) is 36.8 Å². The third kappa shape index (κ3) is 4.37. The highest BCUT2D eigenvalue weighted by Gasteiger charge is 2.19. The first kappa shape index (κ1) is 16.1. The predicted octanol–water partition coefficient (Wildman–Crippen LogP) is -0.178. The number of thiazole rings is 2. The van der Waals surface area contributed by atoms with Crippen LogP contribution in [0, 0.1) is 5.41 Å². The second-order valence-electron chi connectivity index (χ2n) is 3.77. The summed E-state index contributed by atoms with van der Waals surface area (Å²) >= 11 is 1.95. The summed E-state index contributed by atoms with van der Waals surface area (Å²) in [6.07, 6.45) is 2.53. The summed E-state index contributed by atoms with van der Waals surface area (Å²) in [5, 5.41) is 12.2. The molecule has 0 fully saturated rings. The van der Waals surface area contributed by atoms with Crippen molar-refractivity contribution in [2.45, 2.75) is 4.21 Å². The molecule has 0 saturated carbocycles. The molecule has 0 aliphatic heterocycles. The highest BCUT2D eigenvalue weighted by molar-refractivity contribution is 7.95. The Kier molecular flexibility index (Phi) is 4.89. The largest absolute Gasteiger partial charge is 0.370 e. The number of rotatable bonds is 6. The van der Waals surface area contributed by atoms with Gasteiger partial charge >= 0.3 is 0 Å². The second-order valence-corrected chi connectivity index (χ2v) is 7.60. The summed E-state index contributed by atoms with van der Waals surface area (Å²) < 4.78 is 26.5. The highest BCUT2D eigenvalue weighted by atomic mass is 32.2. The quantitative estimate of drug-likeness (QED) is 0.352. The van der Waals surface area contributed by atoms with Crippen molar-refractivity contribution in [1.82, 2.24) is 15.3 Å². The maximum absolute atomic E-state index is 12.1. The van der Waals surface area contributed by atoms with E-state index in [9.17, 15) is 13.2 Å². The Morgan fingerprint density at radius 3 is 2.82 bits per heavy atom. The average Bonchev–Trinajstić information content (AvgIpc) is 3.07. The first-order valence-corrected chi connectivity index (χ1v) is 8.79. The Morgan fingerprint density at radius 2 is 2.18 bits per heavy atom. The van der Waals surface area contributed by atoms with Crippen molar-refractivity contribution in [2.75, 3.05) is 16.6 Å². The molecule has 0 bridgehead atoms. The molecule has 22 heavy (non-hydrogen) atoms. The molecule has 2 heterocycles. The molecule has 2 aromatic heterocycles. The Morgan fingerprint density at radius 1 is 1.41 bits per heavy atom.